The van der Waals surface area contributed by atoms with Crippen molar-refractivity contribution >= 4 is 34.8 Å². The zero-order chi connectivity index (χ0) is 20.6. The summed E-state index contributed by atoms with van der Waals surface area (Å²) in [4.78, 5) is 41.6. The Hall–Kier alpha value is -0.855. The maximum Gasteiger partial charge on any atom is 0.476 e. The number of urea groups is 1. The lowest BCUT2D eigenvalue weighted by Crippen LogP contribution is -2.62. The monoisotopic (exact) mass is 430 g/mol. The summed E-state index contributed by atoms with van der Waals surface area (Å²) in [5.41, 5.74) is 0. The first-order chi connectivity index (χ1) is 12.3. The van der Waals surface area contributed by atoms with Crippen LogP contribution in [0.1, 0.15) is 0 Å². The molecule has 6 atom stereocenters. The highest BCUT2D eigenvalue weighted by atomic mass is 31.3. The lowest BCUT2D eigenvalue weighted by atomic mass is 10.1. The van der Waals surface area contributed by atoms with Crippen LogP contribution in [-0.2, 0) is 32.2 Å². The van der Waals surface area contributed by atoms with E-state index >= 15 is 0 Å². The number of hydrogen-bond acceptors (Lipinski definition) is 10. The molecule has 0 aliphatic carbocycles. The van der Waals surface area contributed by atoms with Crippen molar-refractivity contribution in [1.29, 1.82) is 0 Å². The van der Waals surface area contributed by atoms with E-state index in [0.29, 0.717) is 0 Å². The second-order valence-corrected chi connectivity index (χ2v) is 8.60. The van der Waals surface area contributed by atoms with Gasteiger partial charge in [0.1, 0.15) is 18.3 Å². The second kappa shape index (κ2) is 8.25. The Morgan fingerprint density at radius 1 is 1.30 bits per heavy atom. The number of aliphatic hydroxyl groups is 2. The fourth-order valence-electron chi connectivity index (χ4n) is 2.48. The van der Waals surface area contributed by atoms with Gasteiger partial charge in [0.2, 0.25) is 7.57 Å². The fourth-order valence-corrected chi connectivity index (χ4v) is 4.21. The molecule has 17 heteroatoms. The molecule has 2 saturated heterocycles. The van der Waals surface area contributed by atoms with Crippen LogP contribution in [0.4, 0.5) is 4.79 Å². The molecule has 27 heavy (non-hydrogen) atoms. The summed E-state index contributed by atoms with van der Waals surface area (Å²) in [7, 11) is -3.67. The molecule has 0 saturated carbocycles. The molecule has 2 fully saturated rings. The number of imide groups is 1. The van der Waals surface area contributed by atoms with Crippen LogP contribution < -0.4 is 5.32 Å². The minimum atomic E-state index is -5.21. The molecule has 2 aliphatic rings. The van der Waals surface area contributed by atoms with E-state index in [4.69, 9.17) is 26.8 Å². The number of nitrogens with zero attached hydrogens (tertiary/aromatic N) is 1. The van der Waals surface area contributed by atoms with Gasteiger partial charge in [0.25, 0.3) is 13.4 Å². The molecule has 152 valence electrons. The first kappa shape index (κ1) is 22.4. The number of methoxy groups -OCH3 is 1. The quantitative estimate of drug-likeness (QED) is 0.209. The van der Waals surface area contributed by atoms with E-state index < -0.39 is 64.5 Å². The molecule has 0 aromatic carbocycles. The molecule has 2 heterocycles. The summed E-state index contributed by atoms with van der Waals surface area (Å²) < 4.78 is 40.9. The summed E-state index contributed by atoms with van der Waals surface area (Å²) in [5.74, 6) is -0.690. The van der Waals surface area contributed by atoms with Crippen LogP contribution in [0.3, 0.4) is 0 Å². The molecule has 0 aromatic rings. The highest BCUT2D eigenvalue weighted by Gasteiger charge is 2.50. The first-order valence-electron chi connectivity index (χ1n) is 7.30. The van der Waals surface area contributed by atoms with Gasteiger partial charge in [-0.15, -0.1) is 0 Å². The Morgan fingerprint density at radius 3 is 2.48 bits per heavy atom. The zero-order valence-electron chi connectivity index (χ0n) is 13.8. The minimum Gasteiger partial charge on any atom is -0.387 e. The van der Waals surface area contributed by atoms with Gasteiger partial charge in [-0.05, 0) is 0 Å². The summed E-state index contributed by atoms with van der Waals surface area (Å²) >= 11 is 0. The predicted octanol–water partition coefficient (Wildman–Crippen LogP) is -2.60. The molecule has 3 amide bonds. The van der Waals surface area contributed by atoms with E-state index in [1.807, 2.05) is 5.32 Å². The first-order valence-corrected chi connectivity index (χ1v) is 10.4. The number of hydrogen-bond donors (Lipinski definition) is 5. The standard InChI is InChI=1S/C10H17BN2O12P2/c1-22-4-2-13(10(17)12-8(4)16)9-7(15)6(14)5(24-9)3-23-26(11,18)25-27(19,20)21/h4-7,9,14-15H,2-3H2,1H3,(H,12,16,17)(H2,19,20,21). The van der Waals surface area contributed by atoms with E-state index in [1.165, 1.54) is 7.11 Å². The van der Waals surface area contributed by atoms with Crippen molar-refractivity contribution < 1.29 is 57.0 Å². The van der Waals surface area contributed by atoms with Crippen LogP contribution in [0.2, 0.25) is 0 Å². The van der Waals surface area contributed by atoms with Gasteiger partial charge in [-0.3, -0.25) is 19.6 Å². The highest BCUT2D eigenvalue weighted by Crippen LogP contribution is 2.57. The molecule has 0 aromatic heterocycles. The Balaban J connectivity index is 2.03. The lowest BCUT2D eigenvalue weighted by Gasteiger charge is -2.35. The summed E-state index contributed by atoms with van der Waals surface area (Å²) in [6.07, 6.45) is -7.12. The Labute approximate surface area is 153 Å². The van der Waals surface area contributed by atoms with Crippen LogP contribution in [0.15, 0.2) is 0 Å². The average molecular weight is 430 g/mol. The molecule has 2 aliphatic heterocycles. The number of nitrogens with one attached hydrogen (secondary N) is 1. The van der Waals surface area contributed by atoms with Gasteiger partial charge >= 0.3 is 13.9 Å². The topological polar surface area (TPSA) is 201 Å². The molecule has 0 bridgehead atoms. The van der Waals surface area contributed by atoms with Crippen LogP contribution in [-0.4, -0.2) is 95.3 Å². The van der Waals surface area contributed by atoms with Crippen molar-refractivity contribution in [3.05, 3.63) is 0 Å². The van der Waals surface area contributed by atoms with Crippen LogP contribution in [0.5, 0.6) is 0 Å². The third-order valence-electron chi connectivity index (χ3n) is 3.71. The Kier molecular flexibility index (Phi) is 6.86. The SMILES string of the molecule is [B]P(=O)(OCC1OC(N2CC(OC)C(=O)NC2=O)C(O)C1O)OP(=O)(O)O. The second-order valence-electron chi connectivity index (χ2n) is 5.63. The maximum absolute atomic E-state index is 11.9. The van der Waals surface area contributed by atoms with E-state index in [9.17, 15) is 28.9 Å². The fraction of sp³-hybridized carbons (Fsp3) is 0.800. The third kappa shape index (κ3) is 5.58. The summed E-state index contributed by atoms with van der Waals surface area (Å²) in [5, 5.41) is 22.1. The average Bonchev–Trinajstić information content (AvgIpc) is 2.79. The number of carbonyl (C=O) groups is 2. The van der Waals surface area contributed by atoms with Gasteiger partial charge in [-0.25, -0.2) is 13.7 Å². The van der Waals surface area contributed by atoms with Crippen LogP contribution in [0.25, 0.3) is 0 Å². The Bertz CT molecular complexity index is 687. The largest absolute Gasteiger partial charge is 0.476 e. The number of aliphatic hydroxyl groups excluding tert-OH is 2. The molecule has 14 nitrogen and oxygen atoms in total. The molecule has 2 radical (unpaired) electrons. The van der Waals surface area contributed by atoms with Crippen molar-refractivity contribution in [3.8, 4) is 0 Å². The van der Waals surface area contributed by atoms with Gasteiger partial charge in [0.05, 0.1) is 13.2 Å². The smallest absolute Gasteiger partial charge is 0.387 e. The highest BCUT2D eigenvalue weighted by molar-refractivity contribution is 7.83. The van der Waals surface area contributed by atoms with Crippen molar-refractivity contribution in [2.45, 2.75) is 30.6 Å². The van der Waals surface area contributed by atoms with E-state index in [-0.39, 0.29) is 6.54 Å². The van der Waals surface area contributed by atoms with Crippen LogP contribution in [0, 0.1) is 0 Å². The number of phosphoric acid groups is 1. The predicted molar refractivity (Wildman–Crippen MR) is 84.2 cm³/mol. The third-order valence-corrected chi connectivity index (χ3v) is 5.98. The van der Waals surface area contributed by atoms with Crippen molar-refractivity contribution in [3.63, 3.8) is 0 Å². The van der Waals surface area contributed by atoms with Gasteiger partial charge in [-0.2, -0.15) is 0 Å². The molecule has 2 rings (SSSR count). The van der Waals surface area contributed by atoms with Gasteiger partial charge in [0, 0.05) is 7.11 Å². The van der Waals surface area contributed by atoms with Crippen molar-refractivity contribution in [1.82, 2.24) is 10.2 Å². The molecular formula is C10H17BN2O12P2. The lowest BCUT2D eigenvalue weighted by molar-refractivity contribution is -0.140. The molecule has 0 spiro atoms. The minimum absolute atomic E-state index is 0.278. The molecular weight excluding hydrogens is 413 g/mol. The summed E-state index contributed by atoms with van der Waals surface area (Å²) in [6.45, 7) is -1.06. The molecule has 6 unspecified atom stereocenters. The van der Waals surface area contributed by atoms with Gasteiger partial charge < -0.3 is 34.0 Å². The van der Waals surface area contributed by atoms with E-state index in [1.54, 1.807) is 0 Å². The summed E-state index contributed by atoms with van der Waals surface area (Å²) in [6, 6.07) is -0.902. The zero-order valence-corrected chi connectivity index (χ0v) is 15.6. The Morgan fingerprint density at radius 2 is 1.93 bits per heavy atom. The number of rotatable bonds is 7. The van der Waals surface area contributed by atoms with Crippen LogP contribution >= 0.6 is 15.3 Å². The number of carbonyl (C=O) groups excluding carboxylic acids is 2. The normalized spacial score (nSPS) is 34.4. The number of ether oxygens (including phenoxy) is 2. The van der Waals surface area contributed by atoms with Gasteiger partial charge in [0.15, 0.2) is 12.3 Å². The van der Waals surface area contributed by atoms with Crippen molar-refractivity contribution in [2.24, 2.45) is 0 Å². The van der Waals surface area contributed by atoms with Gasteiger partial charge in [-0.1, -0.05) is 0 Å². The van der Waals surface area contributed by atoms with E-state index in [2.05, 4.69) is 8.83 Å². The van der Waals surface area contributed by atoms with Crippen molar-refractivity contribution in [2.75, 3.05) is 20.3 Å². The maximum atomic E-state index is 11.9. The number of amides is 3. The van der Waals surface area contributed by atoms with E-state index in [0.717, 1.165) is 4.90 Å². The molecule has 5 N–H and O–H groups in total.